The summed E-state index contributed by atoms with van der Waals surface area (Å²) in [6.45, 7) is 3.98. The van der Waals surface area contributed by atoms with Crippen LogP contribution in [0, 0.1) is 5.92 Å². The second kappa shape index (κ2) is 8.47. The van der Waals surface area contributed by atoms with Crippen LogP contribution in [0.2, 0.25) is 0 Å². The molecule has 22 heavy (non-hydrogen) atoms. The minimum Gasteiger partial charge on any atom is -0.466 e. The molecule has 0 atom stereocenters. The van der Waals surface area contributed by atoms with Crippen LogP contribution in [0.3, 0.4) is 0 Å². The van der Waals surface area contributed by atoms with Crippen molar-refractivity contribution >= 4 is 23.7 Å². The molecule has 2 N–H and O–H groups in total. The van der Waals surface area contributed by atoms with Gasteiger partial charge >= 0.3 is 17.8 Å². The average molecular weight is 313 g/mol. The molecule has 0 saturated carbocycles. The highest BCUT2D eigenvalue weighted by Gasteiger charge is 2.33. The van der Waals surface area contributed by atoms with Crippen molar-refractivity contribution in [2.45, 2.75) is 26.7 Å². The second-order valence-electron chi connectivity index (χ2n) is 5.08. The Bertz CT molecular complexity index is 444. The maximum Gasteiger partial charge on any atom is 0.318 e. The molecule has 0 aromatic carbocycles. The van der Waals surface area contributed by atoms with Crippen LogP contribution < -0.4 is 5.73 Å². The largest absolute Gasteiger partial charge is 0.466 e. The molecule has 0 aliphatic carbocycles. The third-order valence-corrected chi connectivity index (χ3v) is 3.56. The van der Waals surface area contributed by atoms with Crippen LogP contribution in [0.15, 0.2) is 0 Å². The van der Waals surface area contributed by atoms with Gasteiger partial charge in [-0.3, -0.25) is 24.1 Å². The number of amides is 3. The number of piperidine rings is 1. The van der Waals surface area contributed by atoms with E-state index < -0.39 is 17.7 Å². The van der Waals surface area contributed by atoms with E-state index >= 15 is 0 Å². The molecule has 1 rings (SSSR count). The molecule has 0 bridgehead atoms. The first kappa shape index (κ1) is 18.1. The summed E-state index contributed by atoms with van der Waals surface area (Å²) in [6.07, 6.45) is 0.906. The Balaban J connectivity index is 2.59. The minimum atomic E-state index is -0.868. The topological polar surface area (TPSA) is 110 Å². The number of carbonyl (C=O) groups is 4. The molecule has 1 aliphatic heterocycles. The van der Waals surface area contributed by atoms with Gasteiger partial charge in [-0.1, -0.05) is 0 Å². The lowest BCUT2D eigenvalue weighted by molar-refractivity contribution is -0.158. The molecule has 1 saturated heterocycles. The van der Waals surface area contributed by atoms with E-state index in [1.54, 1.807) is 6.92 Å². The number of ether oxygens (including phenoxy) is 1. The quantitative estimate of drug-likeness (QED) is 0.533. The number of likely N-dealkylation sites (tertiary alicyclic amines) is 1. The first-order chi connectivity index (χ1) is 10.4. The Kier molecular flexibility index (Phi) is 6.97. The Morgan fingerprint density at radius 2 is 1.82 bits per heavy atom. The van der Waals surface area contributed by atoms with Crippen LogP contribution in [0.4, 0.5) is 0 Å². The zero-order valence-corrected chi connectivity index (χ0v) is 13.0. The van der Waals surface area contributed by atoms with Gasteiger partial charge in [-0.05, 0) is 19.8 Å². The Labute approximate surface area is 129 Å². The van der Waals surface area contributed by atoms with E-state index in [0.717, 1.165) is 4.90 Å². The monoisotopic (exact) mass is 313 g/mol. The number of nitrogens with two attached hydrogens (primary N) is 1. The van der Waals surface area contributed by atoms with Crippen LogP contribution in [-0.2, 0) is 23.9 Å². The van der Waals surface area contributed by atoms with E-state index in [9.17, 15) is 19.2 Å². The Morgan fingerprint density at radius 1 is 1.23 bits per heavy atom. The summed E-state index contributed by atoms with van der Waals surface area (Å²) >= 11 is 0. The Morgan fingerprint density at radius 3 is 2.27 bits per heavy atom. The zero-order valence-electron chi connectivity index (χ0n) is 13.0. The Hall–Kier alpha value is -1.96. The fourth-order valence-electron chi connectivity index (χ4n) is 2.36. The van der Waals surface area contributed by atoms with Crippen LogP contribution >= 0.6 is 0 Å². The highest BCUT2D eigenvalue weighted by molar-refractivity contribution is 6.37. The summed E-state index contributed by atoms with van der Waals surface area (Å²) in [5.74, 6) is -2.62. The molecule has 0 aromatic rings. The maximum atomic E-state index is 12.1. The highest BCUT2D eigenvalue weighted by Crippen LogP contribution is 2.19. The van der Waals surface area contributed by atoms with Gasteiger partial charge in [0.15, 0.2) is 0 Å². The predicted octanol–water partition coefficient (Wildman–Crippen LogP) is -0.878. The maximum absolute atomic E-state index is 12.1. The van der Waals surface area contributed by atoms with Gasteiger partial charge in [-0.2, -0.15) is 0 Å². The van der Waals surface area contributed by atoms with Crippen molar-refractivity contribution < 1.29 is 23.9 Å². The summed E-state index contributed by atoms with van der Waals surface area (Å²) in [5.41, 5.74) is 5.34. The van der Waals surface area contributed by atoms with E-state index in [1.807, 2.05) is 0 Å². The van der Waals surface area contributed by atoms with Crippen molar-refractivity contribution in [2.75, 3.05) is 32.8 Å². The van der Waals surface area contributed by atoms with E-state index in [0.29, 0.717) is 32.5 Å². The summed E-state index contributed by atoms with van der Waals surface area (Å²) in [4.78, 5) is 49.4. The van der Waals surface area contributed by atoms with Gasteiger partial charge in [0.2, 0.25) is 5.91 Å². The lowest BCUT2D eigenvalue weighted by Crippen LogP contribution is -2.50. The van der Waals surface area contributed by atoms with Crippen LogP contribution in [0.25, 0.3) is 0 Å². The normalized spacial score (nSPS) is 15.3. The predicted molar refractivity (Wildman–Crippen MR) is 77.4 cm³/mol. The molecule has 1 aliphatic rings. The summed E-state index contributed by atoms with van der Waals surface area (Å²) in [5, 5.41) is 0. The van der Waals surface area contributed by atoms with Gasteiger partial charge in [-0.15, -0.1) is 0 Å². The molecule has 0 spiro atoms. The summed E-state index contributed by atoms with van der Waals surface area (Å²) in [7, 11) is 0. The number of carbonyl (C=O) groups excluding carboxylic acids is 4. The number of nitrogens with zero attached hydrogens (tertiary/aromatic N) is 2. The molecule has 0 radical (unpaired) electrons. The number of imide groups is 1. The highest BCUT2D eigenvalue weighted by atomic mass is 16.5. The standard InChI is InChI=1S/C14H23N3O5/c1-3-22-14(21)11-4-7-16(8-5-11)12(19)13(20)17(9-6-15)10(2)18/h11H,3-9,15H2,1-2H3. The minimum absolute atomic E-state index is 0.0131. The molecule has 8 nitrogen and oxygen atoms in total. The van der Waals surface area contributed by atoms with E-state index in [-0.39, 0.29) is 25.0 Å². The van der Waals surface area contributed by atoms with Gasteiger partial charge < -0.3 is 15.4 Å². The molecule has 8 heteroatoms. The van der Waals surface area contributed by atoms with Crippen molar-refractivity contribution in [3.8, 4) is 0 Å². The van der Waals surface area contributed by atoms with Crippen molar-refractivity contribution in [1.82, 2.24) is 9.80 Å². The number of hydrogen-bond acceptors (Lipinski definition) is 6. The number of esters is 1. The van der Waals surface area contributed by atoms with Gasteiger partial charge in [0.25, 0.3) is 0 Å². The van der Waals surface area contributed by atoms with Gasteiger partial charge in [0.05, 0.1) is 12.5 Å². The van der Waals surface area contributed by atoms with E-state index in [4.69, 9.17) is 10.5 Å². The van der Waals surface area contributed by atoms with Crippen LogP contribution in [0.1, 0.15) is 26.7 Å². The average Bonchev–Trinajstić information content (AvgIpc) is 2.51. The molecule has 124 valence electrons. The molecule has 0 unspecified atom stereocenters. The van der Waals surface area contributed by atoms with Crippen LogP contribution in [0.5, 0.6) is 0 Å². The second-order valence-corrected chi connectivity index (χ2v) is 5.08. The van der Waals surface area contributed by atoms with Crippen molar-refractivity contribution in [3.05, 3.63) is 0 Å². The molecule has 3 amide bonds. The number of rotatable bonds is 4. The molecule has 1 fully saturated rings. The van der Waals surface area contributed by atoms with Gasteiger partial charge in [0.1, 0.15) is 0 Å². The summed E-state index contributed by atoms with van der Waals surface area (Å²) in [6, 6.07) is 0. The molecular formula is C14H23N3O5. The van der Waals surface area contributed by atoms with Crippen molar-refractivity contribution in [2.24, 2.45) is 11.7 Å². The lowest BCUT2D eigenvalue weighted by Gasteiger charge is -2.31. The van der Waals surface area contributed by atoms with E-state index in [1.165, 1.54) is 11.8 Å². The van der Waals surface area contributed by atoms with E-state index in [2.05, 4.69) is 0 Å². The molecule has 0 aromatic heterocycles. The third-order valence-electron chi connectivity index (χ3n) is 3.56. The van der Waals surface area contributed by atoms with Crippen molar-refractivity contribution in [3.63, 3.8) is 0 Å². The first-order valence-electron chi connectivity index (χ1n) is 7.40. The smallest absolute Gasteiger partial charge is 0.318 e. The lowest BCUT2D eigenvalue weighted by atomic mass is 9.97. The summed E-state index contributed by atoms with van der Waals surface area (Å²) < 4.78 is 4.95. The first-order valence-corrected chi connectivity index (χ1v) is 7.40. The SMILES string of the molecule is CCOC(=O)C1CCN(C(=O)C(=O)N(CCN)C(C)=O)CC1. The van der Waals surface area contributed by atoms with Gasteiger partial charge in [-0.25, -0.2) is 0 Å². The third kappa shape index (κ3) is 4.52. The molecular weight excluding hydrogens is 290 g/mol. The fraction of sp³-hybridized carbons (Fsp3) is 0.714. The van der Waals surface area contributed by atoms with Crippen molar-refractivity contribution in [1.29, 1.82) is 0 Å². The molecule has 1 heterocycles. The number of hydrogen-bond donors (Lipinski definition) is 1. The van der Waals surface area contributed by atoms with Crippen LogP contribution in [-0.4, -0.2) is 66.3 Å². The van der Waals surface area contributed by atoms with Gasteiger partial charge in [0, 0.05) is 33.1 Å². The fourth-order valence-corrected chi connectivity index (χ4v) is 2.36. The zero-order chi connectivity index (χ0) is 16.7.